The second-order valence-corrected chi connectivity index (χ2v) is 9.23. The quantitative estimate of drug-likeness (QED) is 0.524. The number of carbonyl (C=O) groups is 1. The van der Waals surface area contributed by atoms with Gasteiger partial charge < -0.3 is 28.4 Å². The molecule has 0 aromatic carbocycles. The van der Waals surface area contributed by atoms with Crippen LogP contribution in [0, 0.1) is 0 Å². The molecule has 0 radical (unpaired) electrons. The van der Waals surface area contributed by atoms with Gasteiger partial charge in [-0.3, -0.25) is 0 Å². The Balaban J connectivity index is 1.34. The van der Waals surface area contributed by atoms with E-state index in [-0.39, 0.29) is 18.3 Å². The molecule has 0 aromatic rings. The zero-order valence-corrected chi connectivity index (χ0v) is 17.2. The summed E-state index contributed by atoms with van der Waals surface area (Å²) >= 11 is 0. The van der Waals surface area contributed by atoms with Crippen molar-refractivity contribution in [3.05, 3.63) is 12.2 Å². The number of carbonyl (C=O) groups excluding carboxylic acids is 1. The van der Waals surface area contributed by atoms with Crippen LogP contribution in [0.2, 0.25) is 0 Å². The highest BCUT2D eigenvalue weighted by Crippen LogP contribution is 2.49. The van der Waals surface area contributed by atoms with E-state index in [1.807, 2.05) is 0 Å². The van der Waals surface area contributed by atoms with Gasteiger partial charge in [0.15, 0.2) is 17.7 Å². The fourth-order valence-corrected chi connectivity index (χ4v) is 5.45. The van der Waals surface area contributed by atoms with Crippen LogP contribution in [0.25, 0.3) is 0 Å². The van der Waals surface area contributed by atoms with E-state index in [2.05, 4.69) is 6.58 Å². The fourth-order valence-electron chi connectivity index (χ4n) is 5.45. The molecule has 5 aliphatic rings. The highest BCUT2D eigenvalue weighted by Gasteiger charge is 2.63. The van der Waals surface area contributed by atoms with Crippen LogP contribution in [-0.2, 0) is 33.2 Å². The van der Waals surface area contributed by atoms with Crippen molar-refractivity contribution in [1.82, 2.24) is 0 Å². The van der Waals surface area contributed by atoms with E-state index in [0.717, 1.165) is 51.4 Å². The Morgan fingerprint density at radius 2 is 1.48 bits per heavy atom. The van der Waals surface area contributed by atoms with Gasteiger partial charge in [0.25, 0.3) is 0 Å². The minimum Gasteiger partial charge on any atom is -0.429 e. The van der Waals surface area contributed by atoms with Crippen LogP contribution in [0.4, 0.5) is 0 Å². The number of hydrogen-bond acceptors (Lipinski definition) is 7. The highest BCUT2D eigenvalue weighted by atomic mass is 16.8. The summed E-state index contributed by atoms with van der Waals surface area (Å²) in [6.07, 6.45) is 8.12. The van der Waals surface area contributed by atoms with Crippen molar-refractivity contribution in [3.8, 4) is 0 Å². The summed E-state index contributed by atoms with van der Waals surface area (Å²) in [5.41, 5.74) is 0.335. The number of ether oxygens (including phenoxy) is 6. The van der Waals surface area contributed by atoms with Gasteiger partial charge in [0.1, 0.15) is 18.3 Å². The third-order valence-corrected chi connectivity index (χ3v) is 6.95. The van der Waals surface area contributed by atoms with Crippen LogP contribution < -0.4 is 0 Å². The Kier molecular flexibility index (Phi) is 5.23. The molecule has 0 N–H and O–H groups in total. The molecule has 7 nitrogen and oxygen atoms in total. The van der Waals surface area contributed by atoms with Gasteiger partial charge in [-0.15, -0.1) is 0 Å². The van der Waals surface area contributed by atoms with E-state index in [0.29, 0.717) is 12.2 Å². The maximum atomic E-state index is 12.2. The molecule has 2 aliphatic carbocycles. The molecule has 7 heteroatoms. The zero-order chi connectivity index (χ0) is 20.1. The Labute approximate surface area is 172 Å². The fraction of sp³-hybridized carbons (Fsp3) is 0.864. The number of fused-ring (bicyclic) bond motifs is 1. The SMILES string of the molecule is C=C(C)C(=O)OC1O[C@H](C2COC3(CCCCC3)O2)[C@@H]2OC3(CCCCC3)O[C@H]12. The van der Waals surface area contributed by atoms with Crippen LogP contribution in [0.5, 0.6) is 0 Å². The third-order valence-electron chi connectivity index (χ3n) is 6.95. The first-order valence-electron chi connectivity index (χ1n) is 11.2. The van der Waals surface area contributed by atoms with Crippen molar-refractivity contribution in [3.63, 3.8) is 0 Å². The summed E-state index contributed by atoms with van der Waals surface area (Å²) < 4.78 is 37.2. The van der Waals surface area contributed by atoms with Gasteiger partial charge in [-0.2, -0.15) is 0 Å². The first-order valence-corrected chi connectivity index (χ1v) is 11.2. The van der Waals surface area contributed by atoms with Crippen LogP contribution in [0.1, 0.15) is 71.1 Å². The van der Waals surface area contributed by atoms with E-state index in [1.165, 1.54) is 12.8 Å². The molecule has 3 aliphatic heterocycles. The van der Waals surface area contributed by atoms with Crippen molar-refractivity contribution in [2.45, 2.75) is 113 Å². The van der Waals surface area contributed by atoms with Crippen molar-refractivity contribution in [1.29, 1.82) is 0 Å². The zero-order valence-electron chi connectivity index (χ0n) is 17.2. The lowest BCUT2D eigenvalue weighted by molar-refractivity contribution is -0.264. The molecular weight excluding hydrogens is 376 g/mol. The van der Waals surface area contributed by atoms with Gasteiger partial charge in [0, 0.05) is 31.3 Å². The monoisotopic (exact) mass is 408 g/mol. The average Bonchev–Trinajstić information content (AvgIpc) is 3.36. The number of rotatable bonds is 3. The minimum absolute atomic E-state index is 0.253. The van der Waals surface area contributed by atoms with Crippen molar-refractivity contribution in [2.75, 3.05) is 6.61 Å². The molecule has 2 spiro atoms. The Morgan fingerprint density at radius 3 is 2.14 bits per heavy atom. The van der Waals surface area contributed by atoms with Crippen LogP contribution in [-0.4, -0.2) is 54.9 Å². The first-order chi connectivity index (χ1) is 14.0. The lowest BCUT2D eigenvalue weighted by Crippen LogP contribution is -2.43. The molecule has 162 valence electrons. The summed E-state index contributed by atoms with van der Waals surface area (Å²) in [5.74, 6) is -1.56. The first kappa shape index (κ1) is 19.9. The van der Waals surface area contributed by atoms with Crippen LogP contribution in [0.3, 0.4) is 0 Å². The molecule has 3 saturated heterocycles. The summed E-state index contributed by atoms with van der Waals surface area (Å²) in [7, 11) is 0. The largest absolute Gasteiger partial charge is 0.429 e. The Morgan fingerprint density at radius 1 is 0.862 bits per heavy atom. The second-order valence-electron chi connectivity index (χ2n) is 9.23. The second kappa shape index (κ2) is 7.61. The van der Waals surface area contributed by atoms with Gasteiger partial charge in [0.2, 0.25) is 6.29 Å². The standard InChI is InChI=1S/C22H32O7/c1-14(2)19(23)26-20-18-17(28-22(29-18)11-7-4-8-12-22)16(25-20)15-13-24-21(27-15)9-5-3-6-10-21/h15-18,20H,1,3-13H2,2H3/t15?,16-,17+,18+,20?/m1/s1. The molecule has 5 fully saturated rings. The molecule has 0 bridgehead atoms. The Hall–Kier alpha value is -0.990. The smallest absolute Gasteiger partial charge is 0.335 e. The van der Waals surface area contributed by atoms with Gasteiger partial charge >= 0.3 is 5.97 Å². The van der Waals surface area contributed by atoms with Crippen molar-refractivity contribution < 1.29 is 33.2 Å². The van der Waals surface area contributed by atoms with Crippen molar-refractivity contribution in [2.24, 2.45) is 0 Å². The topological polar surface area (TPSA) is 72.5 Å². The van der Waals surface area contributed by atoms with E-state index in [1.54, 1.807) is 6.92 Å². The normalized spacial score (nSPS) is 40.2. The third kappa shape index (κ3) is 3.65. The molecule has 0 amide bonds. The van der Waals surface area contributed by atoms with Crippen molar-refractivity contribution >= 4 is 5.97 Å². The van der Waals surface area contributed by atoms with E-state index in [4.69, 9.17) is 28.4 Å². The molecule has 5 atom stereocenters. The van der Waals surface area contributed by atoms with Gasteiger partial charge in [-0.1, -0.05) is 19.4 Å². The maximum Gasteiger partial charge on any atom is 0.335 e. The van der Waals surface area contributed by atoms with E-state index in [9.17, 15) is 4.79 Å². The Bertz CT molecular complexity index is 650. The molecule has 3 heterocycles. The molecule has 2 unspecified atom stereocenters. The van der Waals surface area contributed by atoms with E-state index >= 15 is 0 Å². The predicted octanol–water partition coefficient (Wildman–Crippen LogP) is 3.35. The molecule has 2 saturated carbocycles. The highest BCUT2D eigenvalue weighted by molar-refractivity contribution is 5.87. The van der Waals surface area contributed by atoms with Crippen LogP contribution >= 0.6 is 0 Å². The van der Waals surface area contributed by atoms with Gasteiger partial charge in [0.05, 0.1) is 6.61 Å². The number of hydrogen-bond donors (Lipinski definition) is 0. The molecule has 29 heavy (non-hydrogen) atoms. The lowest BCUT2D eigenvalue weighted by atomic mass is 9.94. The lowest BCUT2D eigenvalue weighted by Gasteiger charge is -2.35. The molecule has 0 aromatic heterocycles. The molecule has 5 rings (SSSR count). The van der Waals surface area contributed by atoms with Gasteiger partial charge in [-0.25, -0.2) is 4.79 Å². The number of esters is 1. The average molecular weight is 408 g/mol. The molecular formula is C22H32O7. The summed E-state index contributed by atoms with van der Waals surface area (Å²) in [6.45, 7) is 5.76. The van der Waals surface area contributed by atoms with Gasteiger partial charge in [-0.05, 0) is 32.6 Å². The predicted molar refractivity (Wildman–Crippen MR) is 102 cm³/mol. The summed E-state index contributed by atoms with van der Waals surface area (Å²) in [6, 6.07) is 0. The van der Waals surface area contributed by atoms with E-state index < -0.39 is 29.9 Å². The summed E-state index contributed by atoms with van der Waals surface area (Å²) in [4.78, 5) is 12.2. The summed E-state index contributed by atoms with van der Waals surface area (Å²) in [5, 5.41) is 0. The van der Waals surface area contributed by atoms with Crippen LogP contribution in [0.15, 0.2) is 12.2 Å². The maximum absolute atomic E-state index is 12.2. The minimum atomic E-state index is -0.818.